The van der Waals surface area contributed by atoms with Crippen molar-refractivity contribution in [3.8, 4) is 6.07 Å². The van der Waals surface area contributed by atoms with Crippen LogP contribution in [0.5, 0.6) is 0 Å². The fourth-order valence-corrected chi connectivity index (χ4v) is 2.15. The molecule has 2 rings (SSSR count). The Balaban J connectivity index is 2.34. The molecule has 0 bridgehead atoms. The monoisotopic (exact) mass is 283 g/mol. The van der Waals surface area contributed by atoms with Crippen LogP contribution >= 0.6 is 11.3 Å². The molecule has 3 nitrogen and oxygen atoms in total. The average molecular weight is 283 g/mol. The van der Waals surface area contributed by atoms with Crippen molar-refractivity contribution in [2.75, 3.05) is 5.32 Å². The molecule has 0 aliphatic rings. The molecule has 0 radical (unpaired) electrons. The van der Waals surface area contributed by atoms with E-state index in [1.807, 2.05) is 0 Å². The number of aryl methyl sites for hydroxylation is 1. The van der Waals surface area contributed by atoms with Crippen LogP contribution in [0.15, 0.2) is 23.6 Å². The van der Waals surface area contributed by atoms with Gasteiger partial charge >= 0.3 is 6.18 Å². The van der Waals surface area contributed by atoms with Gasteiger partial charge in [-0.1, -0.05) is 0 Å². The van der Waals surface area contributed by atoms with E-state index < -0.39 is 11.7 Å². The van der Waals surface area contributed by atoms with Crippen molar-refractivity contribution in [3.63, 3.8) is 0 Å². The summed E-state index contributed by atoms with van der Waals surface area (Å²) in [6, 6.07) is 4.74. The lowest BCUT2D eigenvalue weighted by molar-refractivity contribution is -0.137. The fraction of sp³-hybridized carbons (Fsp3) is 0.167. The number of anilines is 2. The van der Waals surface area contributed by atoms with Gasteiger partial charge in [0.25, 0.3) is 0 Å². The number of alkyl halides is 3. The third-order valence-corrected chi connectivity index (χ3v) is 3.20. The van der Waals surface area contributed by atoms with E-state index in [0.717, 1.165) is 17.8 Å². The van der Waals surface area contributed by atoms with E-state index >= 15 is 0 Å². The van der Waals surface area contributed by atoms with E-state index in [-0.39, 0.29) is 5.56 Å². The summed E-state index contributed by atoms with van der Waals surface area (Å²) in [5, 5.41) is 14.1. The lowest BCUT2D eigenvalue weighted by Crippen LogP contribution is -2.06. The van der Waals surface area contributed by atoms with E-state index in [0.29, 0.717) is 10.8 Å². The number of aromatic nitrogens is 1. The Morgan fingerprint density at radius 1 is 1.37 bits per heavy atom. The van der Waals surface area contributed by atoms with Crippen LogP contribution in [-0.4, -0.2) is 4.98 Å². The quantitative estimate of drug-likeness (QED) is 0.903. The molecule has 0 aliphatic carbocycles. The molecule has 0 saturated carbocycles. The van der Waals surface area contributed by atoms with Crippen LogP contribution in [-0.2, 0) is 6.18 Å². The molecule has 2 aromatic rings. The molecular weight excluding hydrogens is 275 g/mol. The minimum absolute atomic E-state index is 0.0670. The van der Waals surface area contributed by atoms with Crippen molar-refractivity contribution in [2.45, 2.75) is 13.1 Å². The lowest BCUT2D eigenvalue weighted by atomic mass is 10.1. The number of thiazole rings is 1. The molecule has 0 unspecified atom stereocenters. The summed E-state index contributed by atoms with van der Waals surface area (Å²) in [4.78, 5) is 4.13. The highest BCUT2D eigenvalue weighted by molar-refractivity contribution is 7.13. The van der Waals surface area contributed by atoms with Gasteiger partial charge in [-0.2, -0.15) is 18.4 Å². The first-order valence-electron chi connectivity index (χ1n) is 5.20. The van der Waals surface area contributed by atoms with Gasteiger partial charge in [0.05, 0.1) is 22.5 Å². The second-order valence-corrected chi connectivity index (χ2v) is 4.65. The maximum atomic E-state index is 12.5. The number of rotatable bonds is 2. The molecule has 1 N–H and O–H groups in total. The molecular formula is C12H8F3N3S. The summed E-state index contributed by atoms with van der Waals surface area (Å²) in [6.07, 6.45) is -4.46. The molecule has 98 valence electrons. The van der Waals surface area contributed by atoms with Gasteiger partial charge in [-0.05, 0) is 25.1 Å². The molecule has 19 heavy (non-hydrogen) atoms. The maximum Gasteiger partial charge on any atom is 0.416 e. The van der Waals surface area contributed by atoms with Crippen molar-refractivity contribution in [3.05, 3.63) is 40.4 Å². The van der Waals surface area contributed by atoms with Gasteiger partial charge in [-0.25, -0.2) is 4.98 Å². The van der Waals surface area contributed by atoms with Crippen LogP contribution in [0.4, 0.5) is 24.0 Å². The lowest BCUT2D eigenvalue weighted by Gasteiger charge is -2.10. The van der Waals surface area contributed by atoms with Gasteiger partial charge in [0.1, 0.15) is 6.07 Å². The summed E-state index contributed by atoms with van der Waals surface area (Å²) in [5.41, 5.74) is 0.204. The number of nitrogens with one attached hydrogen (secondary N) is 1. The Morgan fingerprint density at radius 2 is 2.11 bits per heavy atom. The zero-order chi connectivity index (χ0) is 14.0. The van der Waals surface area contributed by atoms with E-state index in [9.17, 15) is 13.2 Å². The Hall–Kier alpha value is -2.07. The van der Waals surface area contributed by atoms with E-state index in [1.54, 1.807) is 18.4 Å². The minimum Gasteiger partial charge on any atom is -0.330 e. The summed E-state index contributed by atoms with van der Waals surface area (Å²) in [7, 11) is 0. The predicted molar refractivity (Wildman–Crippen MR) is 66.3 cm³/mol. The van der Waals surface area contributed by atoms with E-state index in [4.69, 9.17) is 5.26 Å². The number of halogens is 3. The predicted octanol–water partition coefficient (Wildman–Crippen LogP) is 4.09. The highest BCUT2D eigenvalue weighted by atomic mass is 32.1. The van der Waals surface area contributed by atoms with Gasteiger partial charge in [-0.3, -0.25) is 0 Å². The standard InChI is InChI=1S/C12H8F3N3S/c1-7-6-19-11(17-7)18-10-3-2-9(12(13,14)15)4-8(10)5-16/h2-4,6H,1H3,(H,17,18). The molecule has 1 aromatic heterocycles. The summed E-state index contributed by atoms with van der Waals surface area (Å²) >= 11 is 1.32. The van der Waals surface area contributed by atoms with Crippen molar-refractivity contribution in [1.82, 2.24) is 4.98 Å². The normalized spacial score (nSPS) is 11.1. The second-order valence-electron chi connectivity index (χ2n) is 3.79. The largest absolute Gasteiger partial charge is 0.416 e. The highest BCUT2D eigenvalue weighted by Crippen LogP contribution is 2.32. The van der Waals surface area contributed by atoms with Gasteiger partial charge < -0.3 is 5.32 Å². The van der Waals surface area contributed by atoms with Crippen LogP contribution < -0.4 is 5.32 Å². The number of hydrogen-bond acceptors (Lipinski definition) is 4. The maximum absolute atomic E-state index is 12.5. The zero-order valence-corrected chi connectivity index (χ0v) is 10.6. The van der Waals surface area contributed by atoms with Crippen LogP contribution in [0.3, 0.4) is 0 Å². The van der Waals surface area contributed by atoms with Gasteiger partial charge in [0.15, 0.2) is 5.13 Å². The van der Waals surface area contributed by atoms with Crippen LogP contribution in [0.25, 0.3) is 0 Å². The Bertz CT molecular complexity index is 640. The molecule has 0 amide bonds. The summed E-state index contributed by atoms with van der Waals surface area (Å²) in [6.45, 7) is 1.81. The number of nitrogens with zero attached hydrogens (tertiary/aromatic N) is 2. The van der Waals surface area contributed by atoms with Crippen molar-refractivity contribution in [1.29, 1.82) is 5.26 Å². The van der Waals surface area contributed by atoms with Crippen LogP contribution in [0.1, 0.15) is 16.8 Å². The summed E-state index contributed by atoms with van der Waals surface area (Å²) in [5.74, 6) is 0. The zero-order valence-electron chi connectivity index (χ0n) is 9.75. The molecule has 1 heterocycles. The van der Waals surface area contributed by atoms with E-state index in [1.165, 1.54) is 17.4 Å². The molecule has 0 fully saturated rings. The Labute approximate surface area is 111 Å². The molecule has 0 saturated heterocycles. The molecule has 0 atom stereocenters. The average Bonchev–Trinajstić information content (AvgIpc) is 2.74. The first kappa shape index (κ1) is 13.4. The Kier molecular flexibility index (Phi) is 3.44. The summed E-state index contributed by atoms with van der Waals surface area (Å²) < 4.78 is 37.6. The van der Waals surface area contributed by atoms with Crippen molar-refractivity contribution >= 4 is 22.2 Å². The number of hydrogen-bond donors (Lipinski definition) is 1. The van der Waals surface area contributed by atoms with Crippen molar-refractivity contribution in [2.24, 2.45) is 0 Å². The van der Waals surface area contributed by atoms with E-state index in [2.05, 4.69) is 10.3 Å². The molecule has 1 aromatic carbocycles. The molecule has 0 spiro atoms. The minimum atomic E-state index is -4.46. The first-order chi connectivity index (χ1) is 8.90. The van der Waals surface area contributed by atoms with Gasteiger partial charge in [0.2, 0.25) is 0 Å². The topological polar surface area (TPSA) is 48.7 Å². The smallest absolute Gasteiger partial charge is 0.330 e. The van der Waals surface area contributed by atoms with Gasteiger partial charge in [-0.15, -0.1) is 11.3 Å². The SMILES string of the molecule is Cc1csc(Nc2ccc(C(F)(F)F)cc2C#N)n1. The third kappa shape index (κ3) is 3.03. The fourth-order valence-electron chi connectivity index (χ4n) is 1.45. The van der Waals surface area contributed by atoms with Crippen molar-refractivity contribution < 1.29 is 13.2 Å². The van der Waals surface area contributed by atoms with Crippen LogP contribution in [0, 0.1) is 18.3 Å². The number of benzene rings is 1. The molecule has 0 aliphatic heterocycles. The first-order valence-corrected chi connectivity index (χ1v) is 6.08. The number of nitriles is 1. The van der Waals surface area contributed by atoms with Gasteiger partial charge in [0, 0.05) is 5.38 Å². The Morgan fingerprint density at radius 3 is 2.63 bits per heavy atom. The van der Waals surface area contributed by atoms with Crippen LogP contribution in [0.2, 0.25) is 0 Å². The highest BCUT2D eigenvalue weighted by Gasteiger charge is 2.31. The molecule has 7 heteroatoms. The second kappa shape index (κ2) is 4.90. The third-order valence-electron chi connectivity index (χ3n) is 2.33.